The molecular weight excluding hydrogens is 949 g/mol. The number of esters is 3. The van der Waals surface area contributed by atoms with Gasteiger partial charge in [0, 0.05) is 19.3 Å². The van der Waals surface area contributed by atoms with E-state index in [-0.39, 0.29) is 37.5 Å². The van der Waals surface area contributed by atoms with E-state index in [2.05, 4.69) is 203 Å². The van der Waals surface area contributed by atoms with Crippen LogP contribution in [0.15, 0.2) is 182 Å². The summed E-state index contributed by atoms with van der Waals surface area (Å²) in [5.41, 5.74) is 0. The van der Waals surface area contributed by atoms with Crippen LogP contribution in [0.3, 0.4) is 0 Å². The van der Waals surface area contributed by atoms with Crippen LogP contribution >= 0.6 is 0 Å². The molecule has 77 heavy (non-hydrogen) atoms. The number of hydrogen-bond donors (Lipinski definition) is 0. The lowest BCUT2D eigenvalue weighted by Crippen LogP contribution is -2.30. The van der Waals surface area contributed by atoms with Crippen LogP contribution in [-0.2, 0) is 28.6 Å². The minimum atomic E-state index is -0.835. The van der Waals surface area contributed by atoms with Crippen molar-refractivity contribution in [2.24, 2.45) is 0 Å². The Hall–Kier alpha value is -5.49. The van der Waals surface area contributed by atoms with Gasteiger partial charge in [0.25, 0.3) is 0 Å². The normalized spacial score (nSPS) is 13.4. The van der Waals surface area contributed by atoms with E-state index in [1.807, 2.05) is 0 Å². The van der Waals surface area contributed by atoms with Gasteiger partial charge in [0.15, 0.2) is 6.10 Å². The van der Waals surface area contributed by atoms with Gasteiger partial charge >= 0.3 is 17.9 Å². The highest BCUT2D eigenvalue weighted by Gasteiger charge is 2.19. The van der Waals surface area contributed by atoms with Crippen LogP contribution in [0.5, 0.6) is 0 Å². The summed E-state index contributed by atoms with van der Waals surface area (Å²) in [7, 11) is 0. The highest BCUT2D eigenvalue weighted by Crippen LogP contribution is 2.12. The first kappa shape index (κ1) is 71.5. The molecule has 6 nitrogen and oxygen atoms in total. The van der Waals surface area contributed by atoms with Crippen molar-refractivity contribution in [3.63, 3.8) is 0 Å². The van der Waals surface area contributed by atoms with Crippen LogP contribution in [-0.4, -0.2) is 37.2 Å². The topological polar surface area (TPSA) is 78.9 Å². The van der Waals surface area contributed by atoms with Crippen molar-refractivity contribution < 1.29 is 28.6 Å². The van der Waals surface area contributed by atoms with Gasteiger partial charge in [-0.2, -0.15) is 0 Å². The first-order valence-electron chi connectivity index (χ1n) is 30.3. The van der Waals surface area contributed by atoms with E-state index in [4.69, 9.17) is 14.2 Å². The number of ether oxygens (including phenoxy) is 3. The van der Waals surface area contributed by atoms with Gasteiger partial charge in [0.1, 0.15) is 13.2 Å². The summed E-state index contributed by atoms with van der Waals surface area (Å²) in [4.78, 5) is 38.2. The number of hydrogen-bond acceptors (Lipinski definition) is 6. The molecule has 0 spiro atoms. The van der Waals surface area contributed by atoms with Gasteiger partial charge in [-0.05, 0) is 148 Å². The first-order valence-corrected chi connectivity index (χ1v) is 30.3. The zero-order valence-electron chi connectivity index (χ0n) is 48.9. The summed E-state index contributed by atoms with van der Waals surface area (Å²) in [5.74, 6) is -1.03. The van der Waals surface area contributed by atoms with Crippen molar-refractivity contribution in [3.05, 3.63) is 182 Å². The maximum absolute atomic E-state index is 12.9. The summed E-state index contributed by atoms with van der Waals surface area (Å²) in [5, 5.41) is 0. The van der Waals surface area contributed by atoms with Crippen molar-refractivity contribution in [2.45, 2.75) is 232 Å². The molecule has 1 unspecified atom stereocenters. The lowest BCUT2D eigenvalue weighted by atomic mass is 10.1. The van der Waals surface area contributed by atoms with E-state index in [0.717, 1.165) is 180 Å². The second kappa shape index (κ2) is 63.0. The fourth-order valence-electron chi connectivity index (χ4n) is 7.47. The number of carbonyl (C=O) groups is 3. The van der Waals surface area contributed by atoms with Gasteiger partial charge in [-0.1, -0.05) is 242 Å². The molecule has 0 aromatic rings. The molecule has 428 valence electrons. The number of allylic oxidation sites excluding steroid dienone is 30. The summed E-state index contributed by atoms with van der Waals surface area (Å²) >= 11 is 0. The molecule has 0 amide bonds. The van der Waals surface area contributed by atoms with Crippen molar-refractivity contribution in [3.8, 4) is 0 Å². The Labute approximate surface area is 472 Å². The lowest BCUT2D eigenvalue weighted by Gasteiger charge is -2.18. The molecule has 0 radical (unpaired) electrons. The van der Waals surface area contributed by atoms with E-state index in [0.29, 0.717) is 19.3 Å². The summed E-state index contributed by atoms with van der Waals surface area (Å²) in [6, 6.07) is 0. The van der Waals surface area contributed by atoms with Crippen molar-refractivity contribution in [1.82, 2.24) is 0 Å². The van der Waals surface area contributed by atoms with E-state index < -0.39 is 6.10 Å². The molecule has 0 N–H and O–H groups in total. The van der Waals surface area contributed by atoms with Gasteiger partial charge in [0.2, 0.25) is 0 Å². The molecule has 0 saturated carbocycles. The van der Waals surface area contributed by atoms with Crippen LogP contribution in [0.1, 0.15) is 226 Å². The Morgan fingerprint density at radius 2 is 0.481 bits per heavy atom. The first-order chi connectivity index (χ1) is 38.0. The molecule has 0 heterocycles. The Kier molecular flexibility index (Phi) is 58.6. The Bertz CT molecular complexity index is 1840. The van der Waals surface area contributed by atoms with Crippen molar-refractivity contribution >= 4 is 17.9 Å². The standard InChI is InChI=1S/C71H108O6/c1-4-7-10-13-16-19-22-25-28-30-31-32-33-34-35-36-37-38-39-41-43-46-49-52-55-58-61-64-70(73)76-67-68(66-75-69(72)63-60-57-54-51-48-45-42-27-24-21-18-15-12-9-6-3)77-71(74)65-62-59-56-53-50-47-44-40-29-26-23-20-17-14-11-8-5-2/h7-12,16-21,25-29,31-32,34-35,37-38,41-44,47,53,56,68H,4-6,13-15,22-24,30,33,36,39-40,45-46,48-52,54-55,57-67H2,1-3H3/b10-7-,11-8-,12-9-,19-16-,20-17-,21-18-,28-25-,29-26-,32-31-,35-34-,38-37-,42-27-,43-41-,47-44-,56-53-. The third kappa shape index (κ3) is 61.2. The Morgan fingerprint density at radius 1 is 0.260 bits per heavy atom. The summed E-state index contributed by atoms with van der Waals surface area (Å²) in [6.45, 7) is 6.20. The van der Waals surface area contributed by atoms with Gasteiger partial charge < -0.3 is 14.2 Å². The van der Waals surface area contributed by atoms with E-state index in [1.165, 1.54) is 0 Å². The van der Waals surface area contributed by atoms with Gasteiger partial charge in [-0.25, -0.2) is 0 Å². The zero-order chi connectivity index (χ0) is 55.7. The predicted octanol–water partition coefficient (Wildman–Crippen LogP) is 20.9. The molecule has 0 bridgehead atoms. The Balaban J connectivity index is 4.52. The van der Waals surface area contributed by atoms with Crippen molar-refractivity contribution in [1.29, 1.82) is 0 Å². The molecule has 1 atom stereocenters. The largest absolute Gasteiger partial charge is 0.462 e. The molecule has 0 saturated heterocycles. The molecule has 0 rings (SSSR count). The fraction of sp³-hybridized carbons (Fsp3) is 0.535. The molecule has 6 heteroatoms. The molecule has 0 aliphatic rings. The van der Waals surface area contributed by atoms with E-state index in [9.17, 15) is 14.4 Å². The minimum absolute atomic E-state index is 0.126. The maximum atomic E-state index is 12.9. The lowest BCUT2D eigenvalue weighted by molar-refractivity contribution is -0.167. The average Bonchev–Trinajstić information content (AvgIpc) is 3.43. The predicted molar refractivity (Wildman–Crippen MR) is 334 cm³/mol. The maximum Gasteiger partial charge on any atom is 0.306 e. The van der Waals surface area contributed by atoms with Crippen molar-refractivity contribution in [2.75, 3.05) is 13.2 Å². The minimum Gasteiger partial charge on any atom is -0.462 e. The van der Waals surface area contributed by atoms with Gasteiger partial charge in [0.05, 0.1) is 0 Å². The van der Waals surface area contributed by atoms with Crippen LogP contribution in [0.4, 0.5) is 0 Å². The summed E-state index contributed by atoms with van der Waals surface area (Å²) < 4.78 is 16.8. The highest BCUT2D eigenvalue weighted by molar-refractivity contribution is 5.71. The van der Waals surface area contributed by atoms with E-state index >= 15 is 0 Å². The Morgan fingerprint density at radius 3 is 0.766 bits per heavy atom. The van der Waals surface area contributed by atoms with Crippen LogP contribution in [0.25, 0.3) is 0 Å². The molecular formula is C71H108O6. The SMILES string of the molecule is CC/C=C\C/C=C\C/C=C\C/C=C\C/C=C\C/C=C\C/C=C\CCCCCCCC(=O)OCC(COC(=O)CCCCCCC/C=C\C/C=C\C/C=C\CC)OC(=O)CCC/C=C\C/C=C\C/C=C\C/C=C\C/C=C\CC. The second-order valence-electron chi connectivity index (χ2n) is 19.1. The molecule has 0 aromatic carbocycles. The van der Waals surface area contributed by atoms with Gasteiger partial charge in [-0.3, -0.25) is 14.4 Å². The number of unbranched alkanes of at least 4 members (excludes halogenated alkanes) is 11. The summed E-state index contributed by atoms with van der Waals surface area (Å²) in [6.07, 6.45) is 94.6. The quantitative estimate of drug-likeness (QED) is 0.0261. The smallest absolute Gasteiger partial charge is 0.306 e. The molecule has 0 fully saturated rings. The van der Waals surface area contributed by atoms with E-state index in [1.54, 1.807) is 0 Å². The second-order valence-corrected chi connectivity index (χ2v) is 19.1. The zero-order valence-corrected chi connectivity index (χ0v) is 48.9. The fourth-order valence-corrected chi connectivity index (χ4v) is 7.47. The third-order valence-electron chi connectivity index (χ3n) is 11.9. The average molecular weight is 1060 g/mol. The third-order valence-corrected chi connectivity index (χ3v) is 11.9. The number of carbonyl (C=O) groups excluding carboxylic acids is 3. The van der Waals surface area contributed by atoms with Gasteiger partial charge in [-0.15, -0.1) is 0 Å². The van der Waals surface area contributed by atoms with Crippen LogP contribution < -0.4 is 0 Å². The van der Waals surface area contributed by atoms with Crippen LogP contribution in [0.2, 0.25) is 0 Å². The van der Waals surface area contributed by atoms with Crippen LogP contribution in [0, 0.1) is 0 Å². The monoisotopic (exact) mass is 1060 g/mol. The number of rotatable bonds is 52. The molecule has 0 aromatic heterocycles. The molecule has 0 aliphatic heterocycles. The highest BCUT2D eigenvalue weighted by atomic mass is 16.6. The molecule has 0 aliphatic carbocycles.